The molecule has 1 N–H and O–H groups in total. The number of hydrogen-bond acceptors (Lipinski definition) is 3. The summed E-state index contributed by atoms with van der Waals surface area (Å²) in [5, 5.41) is 9.80. The second-order valence-corrected chi connectivity index (χ2v) is 5.15. The van der Waals surface area contributed by atoms with Crippen molar-refractivity contribution in [3.63, 3.8) is 0 Å². The van der Waals surface area contributed by atoms with Gasteiger partial charge in [0.25, 0.3) is 0 Å². The van der Waals surface area contributed by atoms with Gasteiger partial charge in [-0.15, -0.1) is 0 Å². The van der Waals surface area contributed by atoms with Crippen LogP contribution in [0.25, 0.3) is 0 Å². The van der Waals surface area contributed by atoms with Crippen LogP contribution in [0.2, 0.25) is 5.02 Å². The number of ether oxygens (including phenoxy) is 1. The molecule has 0 saturated carbocycles. The monoisotopic (exact) mass is 246 g/mol. The first kappa shape index (κ1) is 12.7. The Morgan fingerprint density at radius 1 is 1.40 bits per heavy atom. The van der Waals surface area contributed by atoms with Crippen LogP contribution in [-0.4, -0.2) is 29.3 Å². The Labute approximate surface area is 99.6 Å². The van der Waals surface area contributed by atoms with Gasteiger partial charge in [-0.05, 0) is 24.3 Å². The van der Waals surface area contributed by atoms with Crippen molar-refractivity contribution in [3.05, 3.63) is 29.3 Å². The van der Waals surface area contributed by atoms with Gasteiger partial charge in [0, 0.05) is 16.0 Å². The lowest BCUT2D eigenvalue weighted by Crippen LogP contribution is -2.07. The molecule has 84 valence electrons. The number of thioether (sulfide) groups is 1. The number of hydrogen-bond donors (Lipinski definition) is 1. The number of aliphatic hydroxyl groups excluding tert-OH is 1. The summed E-state index contributed by atoms with van der Waals surface area (Å²) in [4.78, 5) is 0. The molecule has 0 spiro atoms. The summed E-state index contributed by atoms with van der Waals surface area (Å²) in [6.07, 6.45) is 0. The van der Waals surface area contributed by atoms with Gasteiger partial charge in [0.1, 0.15) is 5.75 Å². The van der Waals surface area contributed by atoms with Crippen LogP contribution in [0, 0.1) is 0 Å². The van der Waals surface area contributed by atoms with Crippen molar-refractivity contribution in [3.8, 4) is 5.75 Å². The Kier molecular flexibility index (Phi) is 5.91. The summed E-state index contributed by atoms with van der Waals surface area (Å²) in [6.45, 7) is 2.86. The van der Waals surface area contributed by atoms with Gasteiger partial charge in [0.2, 0.25) is 0 Å². The first-order valence-corrected chi connectivity index (χ1v) is 6.26. The summed E-state index contributed by atoms with van der Waals surface area (Å²) in [5.41, 5.74) is 0. The smallest absolute Gasteiger partial charge is 0.119 e. The Balaban J connectivity index is 2.17. The van der Waals surface area contributed by atoms with E-state index in [2.05, 4.69) is 0 Å². The molecule has 1 atom stereocenters. The van der Waals surface area contributed by atoms with Gasteiger partial charge in [0.15, 0.2) is 0 Å². The van der Waals surface area contributed by atoms with Crippen molar-refractivity contribution in [2.45, 2.75) is 12.2 Å². The quantitative estimate of drug-likeness (QED) is 0.783. The summed E-state index contributed by atoms with van der Waals surface area (Å²) in [5.74, 6) is 1.71. The Morgan fingerprint density at radius 2 is 2.07 bits per heavy atom. The molecule has 0 fully saturated rings. The zero-order valence-electron chi connectivity index (χ0n) is 8.65. The van der Waals surface area contributed by atoms with E-state index < -0.39 is 0 Å². The van der Waals surface area contributed by atoms with Crippen molar-refractivity contribution in [1.29, 1.82) is 0 Å². The van der Waals surface area contributed by atoms with E-state index >= 15 is 0 Å². The van der Waals surface area contributed by atoms with E-state index in [1.807, 2.05) is 19.1 Å². The molecule has 0 radical (unpaired) electrons. The van der Waals surface area contributed by atoms with Crippen LogP contribution >= 0.6 is 23.4 Å². The molecule has 0 saturated heterocycles. The van der Waals surface area contributed by atoms with Crippen molar-refractivity contribution < 1.29 is 9.84 Å². The fourth-order valence-corrected chi connectivity index (χ4v) is 1.81. The molecule has 1 aromatic rings. The zero-order chi connectivity index (χ0) is 11.1. The minimum Gasteiger partial charge on any atom is -0.493 e. The van der Waals surface area contributed by atoms with Crippen molar-refractivity contribution >= 4 is 23.4 Å². The third-order valence-corrected chi connectivity index (χ3v) is 3.20. The van der Waals surface area contributed by atoms with Gasteiger partial charge in [-0.2, -0.15) is 11.8 Å². The largest absolute Gasteiger partial charge is 0.493 e. The maximum absolute atomic E-state index is 8.81. The molecular formula is C11H15ClO2S. The SMILES string of the molecule is CC(CO)SCCOc1ccc(Cl)cc1. The zero-order valence-corrected chi connectivity index (χ0v) is 10.2. The fraction of sp³-hybridized carbons (Fsp3) is 0.455. The number of rotatable bonds is 6. The van der Waals surface area contributed by atoms with Crippen molar-refractivity contribution in [1.82, 2.24) is 0 Å². The number of aliphatic hydroxyl groups is 1. The molecule has 1 aromatic carbocycles. The molecule has 0 aromatic heterocycles. The van der Waals surface area contributed by atoms with E-state index in [1.165, 1.54) is 0 Å². The Bertz CT molecular complexity index is 276. The van der Waals surface area contributed by atoms with Crippen LogP contribution in [0.4, 0.5) is 0 Å². The Hall–Kier alpha value is -0.380. The summed E-state index contributed by atoms with van der Waals surface area (Å²) < 4.78 is 5.49. The maximum Gasteiger partial charge on any atom is 0.119 e. The minimum atomic E-state index is 0.214. The third kappa shape index (κ3) is 5.30. The van der Waals surface area contributed by atoms with Crippen LogP contribution in [0.1, 0.15) is 6.92 Å². The highest BCUT2D eigenvalue weighted by Gasteiger charge is 2.00. The van der Waals surface area contributed by atoms with Crippen LogP contribution in [0.3, 0.4) is 0 Å². The van der Waals surface area contributed by atoms with Crippen LogP contribution in [0.15, 0.2) is 24.3 Å². The lowest BCUT2D eigenvalue weighted by atomic mass is 10.3. The first-order chi connectivity index (χ1) is 7.22. The fourth-order valence-electron chi connectivity index (χ4n) is 0.992. The minimum absolute atomic E-state index is 0.214. The topological polar surface area (TPSA) is 29.5 Å². The third-order valence-electron chi connectivity index (χ3n) is 1.83. The number of benzene rings is 1. The van der Waals surface area contributed by atoms with E-state index in [9.17, 15) is 0 Å². The average molecular weight is 247 g/mol. The van der Waals surface area contributed by atoms with Gasteiger partial charge < -0.3 is 9.84 Å². The average Bonchev–Trinajstić information content (AvgIpc) is 2.26. The van der Waals surface area contributed by atoms with Crippen LogP contribution in [-0.2, 0) is 0 Å². The molecule has 15 heavy (non-hydrogen) atoms. The van der Waals surface area contributed by atoms with E-state index in [1.54, 1.807) is 23.9 Å². The van der Waals surface area contributed by atoms with Crippen LogP contribution < -0.4 is 4.74 Å². The van der Waals surface area contributed by atoms with E-state index in [4.69, 9.17) is 21.4 Å². The normalized spacial score (nSPS) is 12.5. The standard InChI is InChI=1S/C11H15ClO2S/c1-9(8-13)15-7-6-14-11-4-2-10(12)3-5-11/h2-5,9,13H,6-8H2,1H3. The van der Waals surface area contributed by atoms with E-state index in [0.717, 1.165) is 11.5 Å². The molecule has 0 heterocycles. The second kappa shape index (κ2) is 6.99. The summed E-state index contributed by atoms with van der Waals surface area (Å²) in [6, 6.07) is 7.31. The van der Waals surface area contributed by atoms with Crippen molar-refractivity contribution in [2.75, 3.05) is 19.0 Å². The molecule has 0 bridgehead atoms. The van der Waals surface area contributed by atoms with Gasteiger partial charge in [-0.25, -0.2) is 0 Å². The summed E-state index contributed by atoms with van der Waals surface area (Å²) >= 11 is 7.44. The molecule has 1 unspecified atom stereocenters. The molecule has 2 nitrogen and oxygen atoms in total. The first-order valence-electron chi connectivity index (χ1n) is 4.83. The van der Waals surface area contributed by atoms with Gasteiger partial charge >= 0.3 is 0 Å². The molecule has 0 aliphatic carbocycles. The summed E-state index contributed by atoms with van der Waals surface area (Å²) in [7, 11) is 0. The molecular weight excluding hydrogens is 232 g/mol. The van der Waals surface area contributed by atoms with Crippen molar-refractivity contribution in [2.24, 2.45) is 0 Å². The highest BCUT2D eigenvalue weighted by atomic mass is 35.5. The highest BCUT2D eigenvalue weighted by molar-refractivity contribution is 7.99. The molecule has 1 rings (SSSR count). The van der Waals surface area contributed by atoms with Gasteiger partial charge in [-0.1, -0.05) is 18.5 Å². The molecule has 0 amide bonds. The van der Waals surface area contributed by atoms with E-state index in [0.29, 0.717) is 11.6 Å². The maximum atomic E-state index is 8.81. The Morgan fingerprint density at radius 3 is 2.67 bits per heavy atom. The molecule has 0 aliphatic heterocycles. The predicted octanol–water partition coefficient (Wildman–Crippen LogP) is 2.83. The van der Waals surface area contributed by atoms with E-state index in [-0.39, 0.29) is 11.9 Å². The molecule has 4 heteroatoms. The van der Waals surface area contributed by atoms with Gasteiger partial charge in [-0.3, -0.25) is 0 Å². The lowest BCUT2D eigenvalue weighted by molar-refractivity contribution is 0.299. The number of halogens is 1. The lowest BCUT2D eigenvalue weighted by Gasteiger charge is -2.08. The van der Waals surface area contributed by atoms with Gasteiger partial charge in [0.05, 0.1) is 13.2 Å². The molecule has 0 aliphatic rings. The second-order valence-electron chi connectivity index (χ2n) is 3.17. The highest BCUT2D eigenvalue weighted by Crippen LogP contribution is 2.16. The van der Waals surface area contributed by atoms with Crippen LogP contribution in [0.5, 0.6) is 5.75 Å². The predicted molar refractivity (Wildman–Crippen MR) is 66.0 cm³/mol.